The first-order valence-electron chi connectivity index (χ1n) is 9.86. The first kappa shape index (κ1) is 21.6. The predicted octanol–water partition coefficient (Wildman–Crippen LogP) is 4.09. The molecule has 1 atom stereocenters. The second kappa shape index (κ2) is 11.2. The second-order valence-corrected chi connectivity index (χ2v) is 6.98. The number of halogens is 1. The minimum atomic E-state index is -0.608. The van der Waals surface area contributed by atoms with Crippen molar-refractivity contribution in [3.63, 3.8) is 0 Å². The Kier molecular flexibility index (Phi) is 8.66. The van der Waals surface area contributed by atoms with Gasteiger partial charge in [-0.25, -0.2) is 4.39 Å². The van der Waals surface area contributed by atoms with E-state index in [1.807, 2.05) is 30.3 Å². The summed E-state index contributed by atoms with van der Waals surface area (Å²) in [4.78, 5) is 27.1. The van der Waals surface area contributed by atoms with Gasteiger partial charge >= 0.3 is 0 Å². The van der Waals surface area contributed by atoms with Gasteiger partial charge in [0.2, 0.25) is 11.8 Å². The Morgan fingerprint density at radius 1 is 1.00 bits per heavy atom. The van der Waals surface area contributed by atoms with E-state index < -0.39 is 6.04 Å². The summed E-state index contributed by atoms with van der Waals surface area (Å²) in [6.45, 7) is 4.71. The lowest BCUT2D eigenvalue weighted by atomic mass is 10.1. The Labute approximate surface area is 166 Å². The molecule has 1 N–H and O–H groups in total. The number of rotatable bonds is 10. The summed E-state index contributed by atoms with van der Waals surface area (Å²) in [6.07, 6.45) is 3.28. The molecular formula is C23H29FN2O2. The van der Waals surface area contributed by atoms with Crippen molar-refractivity contribution in [2.75, 3.05) is 6.54 Å². The quantitative estimate of drug-likeness (QED) is 0.627. The second-order valence-electron chi connectivity index (χ2n) is 6.98. The van der Waals surface area contributed by atoms with Gasteiger partial charge in [0.1, 0.15) is 11.9 Å². The van der Waals surface area contributed by atoms with Crippen LogP contribution in [0.1, 0.15) is 44.2 Å². The number of hydrogen-bond acceptors (Lipinski definition) is 2. The van der Waals surface area contributed by atoms with Gasteiger partial charge in [-0.05, 0) is 36.6 Å². The van der Waals surface area contributed by atoms with Crippen molar-refractivity contribution in [3.8, 4) is 0 Å². The van der Waals surface area contributed by atoms with E-state index in [1.54, 1.807) is 24.0 Å². The van der Waals surface area contributed by atoms with E-state index in [9.17, 15) is 14.0 Å². The van der Waals surface area contributed by atoms with E-state index in [0.717, 1.165) is 30.4 Å². The van der Waals surface area contributed by atoms with Crippen LogP contribution in [0.5, 0.6) is 0 Å². The number of carbonyl (C=O) groups excluding carboxylic acids is 2. The van der Waals surface area contributed by atoms with E-state index in [2.05, 4.69) is 12.2 Å². The third-order valence-electron chi connectivity index (χ3n) is 4.71. The van der Waals surface area contributed by atoms with E-state index >= 15 is 0 Å². The molecule has 0 aromatic heterocycles. The number of benzene rings is 2. The molecule has 0 bridgehead atoms. The molecule has 0 heterocycles. The molecule has 4 nitrogen and oxygen atoms in total. The normalized spacial score (nSPS) is 11.7. The highest BCUT2D eigenvalue weighted by molar-refractivity contribution is 5.88. The first-order chi connectivity index (χ1) is 13.5. The van der Waals surface area contributed by atoms with Crippen LogP contribution in [0.25, 0.3) is 0 Å². The number of unbranched alkanes of at least 4 members (excludes halogenated alkanes) is 2. The fraction of sp³-hybridized carbons (Fsp3) is 0.391. The fourth-order valence-corrected chi connectivity index (χ4v) is 2.98. The topological polar surface area (TPSA) is 49.4 Å². The monoisotopic (exact) mass is 384 g/mol. The number of hydrogen-bond donors (Lipinski definition) is 1. The van der Waals surface area contributed by atoms with E-state index in [1.165, 1.54) is 12.1 Å². The zero-order valence-electron chi connectivity index (χ0n) is 16.7. The Balaban J connectivity index is 2.10. The smallest absolute Gasteiger partial charge is 0.242 e. The van der Waals surface area contributed by atoms with Crippen LogP contribution in [0.3, 0.4) is 0 Å². The Morgan fingerprint density at radius 3 is 2.32 bits per heavy atom. The lowest BCUT2D eigenvalue weighted by Gasteiger charge is -2.29. The SMILES string of the molecule is CCCCCNC(=O)[C@@H](C)N(Cc1ccc(F)cc1)C(=O)Cc1ccccc1. The Morgan fingerprint density at radius 2 is 1.68 bits per heavy atom. The molecule has 0 unspecified atom stereocenters. The van der Waals surface area contributed by atoms with Gasteiger partial charge in [0.25, 0.3) is 0 Å². The molecule has 0 aliphatic rings. The van der Waals surface area contributed by atoms with Crippen molar-refractivity contribution < 1.29 is 14.0 Å². The van der Waals surface area contributed by atoms with Crippen LogP contribution in [0.4, 0.5) is 4.39 Å². The lowest BCUT2D eigenvalue weighted by Crippen LogP contribution is -2.48. The van der Waals surface area contributed by atoms with Crippen molar-refractivity contribution in [2.45, 2.75) is 52.1 Å². The molecule has 0 aliphatic carbocycles. The maximum Gasteiger partial charge on any atom is 0.242 e. The van der Waals surface area contributed by atoms with Crippen molar-refractivity contribution in [2.24, 2.45) is 0 Å². The minimum Gasteiger partial charge on any atom is -0.354 e. The highest BCUT2D eigenvalue weighted by atomic mass is 19.1. The number of amides is 2. The predicted molar refractivity (Wildman–Crippen MR) is 109 cm³/mol. The van der Waals surface area contributed by atoms with Crippen molar-refractivity contribution in [1.29, 1.82) is 0 Å². The standard InChI is InChI=1S/C23H29FN2O2/c1-3-4-8-15-25-23(28)18(2)26(17-20-11-13-21(24)14-12-20)22(27)16-19-9-6-5-7-10-19/h5-7,9-14,18H,3-4,8,15-17H2,1-2H3,(H,25,28)/t18-/m1/s1. The van der Waals surface area contributed by atoms with Gasteiger partial charge in [-0.1, -0.05) is 62.2 Å². The Hall–Kier alpha value is -2.69. The Bertz CT molecular complexity index is 747. The molecule has 0 saturated heterocycles. The molecule has 2 rings (SSSR count). The molecule has 28 heavy (non-hydrogen) atoms. The number of nitrogens with one attached hydrogen (secondary N) is 1. The number of carbonyl (C=O) groups is 2. The fourth-order valence-electron chi connectivity index (χ4n) is 2.98. The molecule has 0 spiro atoms. The van der Waals surface area contributed by atoms with E-state index in [0.29, 0.717) is 6.54 Å². The third-order valence-corrected chi connectivity index (χ3v) is 4.71. The molecule has 0 saturated carbocycles. The lowest BCUT2D eigenvalue weighted by molar-refractivity contribution is -0.140. The number of nitrogens with zero attached hydrogens (tertiary/aromatic N) is 1. The molecule has 150 valence electrons. The van der Waals surface area contributed by atoms with Crippen molar-refractivity contribution in [1.82, 2.24) is 10.2 Å². The molecule has 2 aromatic rings. The average molecular weight is 384 g/mol. The van der Waals surface area contributed by atoms with Crippen LogP contribution in [0.2, 0.25) is 0 Å². The minimum absolute atomic E-state index is 0.133. The largest absolute Gasteiger partial charge is 0.354 e. The van der Waals surface area contributed by atoms with Crippen molar-refractivity contribution >= 4 is 11.8 Å². The molecule has 2 amide bonds. The third kappa shape index (κ3) is 6.80. The zero-order chi connectivity index (χ0) is 20.4. The van der Waals surface area contributed by atoms with Gasteiger partial charge in [-0.2, -0.15) is 0 Å². The van der Waals surface area contributed by atoms with Crippen LogP contribution < -0.4 is 5.32 Å². The molecule has 0 radical (unpaired) electrons. The molecule has 0 fully saturated rings. The molecular weight excluding hydrogens is 355 g/mol. The van der Waals surface area contributed by atoms with Crippen LogP contribution in [-0.4, -0.2) is 29.3 Å². The average Bonchev–Trinajstić information content (AvgIpc) is 2.70. The van der Waals surface area contributed by atoms with Gasteiger partial charge in [-0.15, -0.1) is 0 Å². The van der Waals surface area contributed by atoms with Crippen molar-refractivity contribution in [3.05, 3.63) is 71.5 Å². The highest BCUT2D eigenvalue weighted by Gasteiger charge is 2.26. The maximum absolute atomic E-state index is 13.2. The summed E-state index contributed by atoms with van der Waals surface area (Å²) in [5.74, 6) is -0.626. The molecule has 0 aliphatic heterocycles. The molecule has 2 aromatic carbocycles. The maximum atomic E-state index is 13.2. The zero-order valence-corrected chi connectivity index (χ0v) is 16.7. The summed E-state index contributed by atoms with van der Waals surface area (Å²) < 4.78 is 13.2. The summed E-state index contributed by atoms with van der Waals surface area (Å²) in [6, 6.07) is 14.9. The summed E-state index contributed by atoms with van der Waals surface area (Å²) >= 11 is 0. The van der Waals surface area contributed by atoms with Crippen LogP contribution in [-0.2, 0) is 22.6 Å². The van der Waals surface area contributed by atoms with Gasteiger partial charge < -0.3 is 10.2 Å². The molecule has 5 heteroatoms. The van der Waals surface area contributed by atoms with E-state index in [4.69, 9.17) is 0 Å². The van der Waals surface area contributed by atoms with Gasteiger partial charge in [0, 0.05) is 13.1 Å². The van der Waals surface area contributed by atoms with E-state index in [-0.39, 0.29) is 30.6 Å². The first-order valence-corrected chi connectivity index (χ1v) is 9.86. The van der Waals surface area contributed by atoms with Crippen LogP contribution >= 0.6 is 0 Å². The van der Waals surface area contributed by atoms with Crippen LogP contribution in [0.15, 0.2) is 54.6 Å². The van der Waals surface area contributed by atoms with Gasteiger partial charge in [0.05, 0.1) is 6.42 Å². The van der Waals surface area contributed by atoms with Crippen LogP contribution in [0, 0.1) is 5.82 Å². The summed E-state index contributed by atoms with van der Waals surface area (Å²) in [7, 11) is 0. The van der Waals surface area contributed by atoms with Gasteiger partial charge in [0.15, 0.2) is 0 Å². The highest BCUT2D eigenvalue weighted by Crippen LogP contribution is 2.13. The summed E-state index contributed by atoms with van der Waals surface area (Å²) in [5, 5.41) is 2.92. The summed E-state index contributed by atoms with van der Waals surface area (Å²) in [5.41, 5.74) is 1.68. The van der Waals surface area contributed by atoms with Gasteiger partial charge in [-0.3, -0.25) is 9.59 Å².